The van der Waals surface area contributed by atoms with Crippen molar-refractivity contribution in [1.82, 2.24) is 15.0 Å². The quantitative estimate of drug-likeness (QED) is 0.512. The molecule has 6 heteroatoms. The van der Waals surface area contributed by atoms with Crippen LogP contribution in [0.2, 0.25) is 0 Å². The summed E-state index contributed by atoms with van der Waals surface area (Å²) in [5.74, 6) is 0.103. The number of fused-ring (bicyclic) bond motifs is 1. The second-order valence-corrected chi connectivity index (χ2v) is 6.93. The molecule has 6 nitrogen and oxygen atoms in total. The predicted molar refractivity (Wildman–Crippen MR) is 114 cm³/mol. The summed E-state index contributed by atoms with van der Waals surface area (Å²) in [4.78, 5) is 21.5. The van der Waals surface area contributed by atoms with E-state index in [2.05, 4.69) is 10.1 Å². The van der Waals surface area contributed by atoms with Crippen molar-refractivity contribution in [1.29, 1.82) is 0 Å². The maximum atomic E-state index is 12.4. The van der Waals surface area contributed by atoms with Crippen LogP contribution in [0.4, 0.5) is 0 Å². The first kappa shape index (κ1) is 18.0. The van der Waals surface area contributed by atoms with E-state index in [0.29, 0.717) is 11.6 Å². The van der Waals surface area contributed by atoms with E-state index >= 15 is 0 Å². The first-order valence-corrected chi connectivity index (χ1v) is 9.62. The van der Waals surface area contributed by atoms with Crippen LogP contribution >= 0.6 is 0 Å². The second-order valence-electron chi connectivity index (χ2n) is 6.93. The van der Waals surface area contributed by atoms with Crippen molar-refractivity contribution in [3.8, 4) is 11.3 Å². The van der Waals surface area contributed by atoms with Crippen LogP contribution in [0.1, 0.15) is 24.4 Å². The fourth-order valence-corrected chi connectivity index (χ4v) is 3.52. The van der Waals surface area contributed by atoms with Gasteiger partial charge in [-0.1, -0.05) is 54.6 Å². The number of rotatable bonds is 3. The molecular weight excluding hydrogens is 376 g/mol. The number of hydrazone groups is 1. The third-order valence-corrected chi connectivity index (χ3v) is 4.93. The van der Waals surface area contributed by atoms with Crippen molar-refractivity contribution in [3.63, 3.8) is 0 Å². The molecule has 1 atom stereocenters. The molecule has 4 aromatic rings. The smallest absolute Gasteiger partial charge is 0.259 e. The molecule has 2 aromatic carbocycles. The lowest BCUT2D eigenvalue weighted by Crippen LogP contribution is -2.25. The van der Waals surface area contributed by atoms with E-state index in [1.807, 2.05) is 72.8 Å². The molecule has 0 N–H and O–H groups in total. The highest BCUT2D eigenvalue weighted by atomic mass is 16.5. The van der Waals surface area contributed by atoms with Crippen molar-refractivity contribution < 1.29 is 9.53 Å². The zero-order chi connectivity index (χ0) is 20.5. The zero-order valence-electron chi connectivity index (χ0n) is 16.3. The minimum absolute atomic E-state index is 0.215. The number of ether oxygens (including phenoxy) is 1. The van der Waals surface area contributed by atoms with Gasteiger partial charge < -0.3 is 4.74 Å². The number of carbonyl (C=O) groups excluding carboxylic acids is 1. The molecule has 1 aliphatic rings. The topological polar surface area (TPSA) is 67.7 Å². The van der Waals surface area contributed by atoms with Crippen molar-refractivity contribution in [2.75, 3.05) is 0 Å². The molecule has 0 radical (unpaired) electrons. The number of nitrogens with zero attached hydrogens (tertiary/aromatic N) is 4. The van der Waals surface area contributed by atoms with Gasteiger partial charge in [0, 0.05) is 29.6 Å². The Hall–Kier alpha value is -4.06. The Morgan fingerprint density at radius 3 is 2.47 bits per heavy atom. The predicted octanol–water partition coefficient (Wildman–Crippen LogP) is 4.54. The first-order valence-electron chi connectivity index (χ1n) is 9.62. The summed E-state index contributed by atoms with van der Waals surface area (Å²) in [6.45, 7) is 1.47. The van der Waals surface area contributed by atoms with Gasteiger partial charge >= 0.3 is 0 Å². The second kappa shape index (κ2) is 7.40. The van der Waals surface area contributed by atoms with E-state index in [1.165, 1.54) is 11.9 Å². The molecule has 0 aliphatic carbocycles. The lowest BCUT2D eigenvalue weighted by atomic mass is 10.0. The van der Waals surface area contributed by atoms with Crippen molar-refractivity contribution in [2.24, 2.45) is 5.10 Å². The van der Waals surface area contributed by atoms with Gasteiger partial charge in [0.05, 0.1) is 11.2 Å². The van der Waals surface area contributed by atoms with Crippen LogP contribution in [0.3, 0.4) is 0 Å². The van der Waals surface area contributed by atoms with Crippen LogP contribution in [-0.4, -0.2) is 26.8 Å². The van der Waals surface area contributed by atoms with E-state index < -0.39 is 6.23 Å². The largest absolute Gasteiger partial charge is 0.445 e. The number of benzene rings is 2. The van der Waals surface area contributed by atoms with Gasteiger partial charge in [0.2, 0.25) is 12.1 Å². The number of amides is 1. The van der Waals surface area contributed by atoms with Gasteiger partial charge in [-0.3, -0.25) is 9.78 Å². The van der Waals surface area contributed by atoms with Gasteiger partial charge in [-0.15, -0.1) is 5.10 Å². The van der Waals surface area contributed by atoms with Crippen molar-refractivity contribution >= 4 is 22.7 Å². The average molecular weight is 394 g/mol. The van der Waals surface area contributed by atoms with Crippen LogP contribution in [0.5, 0.6) is 0 Å². The van der Waals surface area contributed by atoms with Gasteiger partial charge in [-0.05, 0) is 24.3 Å². The molecule has 30 heavy (non-hydrogen) atoms. The van der Waals surface area contributed by atoms with E-state index in [9.17, 15) is 4.79 Å². The maximum Gasteiger partial charge on any atom is 0.259 e. The molecule has 146 valence electrons. The minimum Gasteiger partial charge on any atom is -0.445 e. The normalized spacial score (nSPS) is 15.7. The highest BCUT2D eigenvalue weighted by molar-refractivity contribution is 5.95. The Balaban J connectivity index is 1.65. The molecule has 0 fully saturated rings. The number of hydrogen-bond donors (Lipinski definition) is 0. The number of pyridine rings is 2. The third kappa shape index (κ3) is 3.18. The summed E-state index contributed by atoms with van der Waals surface area (Å²) >= 11 is 0. The summed E-state index contributed by atoms with van der Waals surface area (Å²) in [7, 11) is 0. The monoisotopic (exact) mass is 394 g/mol. The molecule has 1 amide bonds. The maximum absolute atomic E-state index is 12.4. The van der Waals surface area contributed by atoms with Crippen molar-refractivity contribution in [2.45, 2.75) is 13.2 Å². The summed E-state index contributed by atoms with van der Waals surface area (Å²) in [5.41, 5.74) is 4.02. The molecular formula is C24H18N4O2. The Morgan fingerprint density at radius 1 is 0.933 bits per heavy atom. The van der Waals surface area contributed by atoms with Crippen LogP contribution < -0.4 is 0 Å². The van der Waals surface area contributed by atoms with E-state index in [-0.39, 0.29) is 5.91 Å². The van der Waals surface area contributed by atoms with E-state index in [1.54, 1.807) is 12.3 Å². The molecule has 0 spiro atoms. The minimum atomic E-state index is -0.699. The fourth-order valence-electron chi connectivity index (χ4n) is 3.52. The molecule has 2 aromatic heterocycles. The molecule has 0 saturated carbocycles. The summed E-state index contributed by atoms with van der Waals surface area (Å²) < 4.78 is 6.17. The van der Waals surface area contributed by atoms with Crippen LogP contribution in [0, 0.1) is 0 Å². The average Bonchev–Trinajstić information content (AvgIpc) is 3.25. The molecule has 0 unspecified atom stereocenters. The van der Waals surface area contributed by atoms with Crippen LogP contribution in [0.15, 0.2) is 90.2 Å². The van der Waals surface area contributed by atoms with Crippen LogP contribution in [-0.2, 0) is 9.53 Å². The van der Waals surface area contributed by atoms with Gasteiger partial charge in [-0.2, -0.15) is 5.01 Å². The van der Waals surface area contributed by atoms with E-state index in [4.69, 9.17) is 9.72 Å². The summed E-state index contributed by atoms with van der Waals surface area (Å²) in [6.07, 6.45) is 0.969. The molecule has 5 rings (SSSR count). The third-order valence-electron chi connectivity index (χ3n) is 4.93. The number of aromatic nitrogens is 2. The Kier molecular flexibility index (Phi) is 4.44. The summed E-state index contributed by atoms with van der Waals surface area (Å²) in [5, 5.41) is 6.69. The standard InChI is InChI=1S/C24H18N4O2/c1-16(29)28-24(30-23(27-28)21-13-7-8-14-25-21)19-15-22(17-9-3-2-4-10-17)26-20-12-6-5-11-18(19)20/h2-15,24H,1H3/t24-/m1/s1. The lowest BCUT2D eigenvalue weighted by molar-refractivity contribution is -0.135. The van der Waals surface area contributed by atoms with Crippen LogP contribution in [0.25, 0.3) is 22.2 Å². The molecule has 1 aliphatic heterocycles. The fraction of sp³-hybridized carbons (Fsp3) is 0.0833. The summed E-state index contributed by atoms with van der Waals surface area (Å²) in [6, 6.07) is 25.2. The lowest BCUT2D eigenvalue weighted by Gasteiger charge is -2.21. The highest BCUT2D eigenvalue weighted by Crippen LogP contribution is 2.36. The molecule has 0 bridgehead atoms. The molecule has 3 heterocycles. The van der Waals surface area contributed by atoms with Gasteiger partial charge in [0.1, 0.15) is 5.69 Å². The molecule has 0 saturated heterocycles. The van der Waals surface area contributed by atoms with Crippen molar-refractivity contribution in [3.05, 3.63) is 96.3 Å². The number of carbonyl (C=O) groups is 1. The number of para-hydroxylation sites is 1. The van der Waals surface area contributed by atoms with Gasteiger partial charge in [0.25, 0.3) is 5.90 Å². The van der Waals surface area contributed by atoms with E-state index in [0.717, 1.165) is 27.7 Å². The van der Waals surface area contributed by atoms with Gasteiger partial charge in [-0.25, -0.2) is 4.98 Å². The Labute approximate surface area is 173 Å². The van der Waals surface area contributed by atoms with Gasteiger partial charge in [0.15, 0.2) is 0 Å². The zero-order valence-corrected chi connectivity index (χ0v) is 16.3. The first-order chi connectivity index (χ1) is 14.7. The Morgan fingerprint density at radius 2 is 1.70 bits per heavy atom. The highest BCUT2D eigenvalue weighted by Gasteiger charge is 2.35. The number of hydrogen-bond acceptors (Lipinski definition) is 5. The Bertz CT molecular complexity index is 1260. The SMILES string of the molecule is CC(=O)N1N=C(c2ccccn2)O[C@@H]1c1cc(-c2ccccc2)nc2ccccc12.